The van der Waals surface area contributed by atoms with E-state index >= 15 is 0 Å². The van der Waals surface area contributed by atoms with Gasteiger partial charge in [0, 0.05) is 4.70 Å². The van der Waals surface area contributed by atoms with Crippen LogP contribution in [0.15, 0.2) is 17.5 Å². The molecule has 0 aliphatic rings. The second-order valence-corrected chi connectivity index (χ2v) is 4.64. The van der Waals surface area contributed by atoms with Crippen LogP contribution in [0.25, 0.3) is 10.1 Å². The fraction of sp³-hybridized carbons (Fsp3) is 0.111. The summed E-state index contributed by atoms with van der Waals surface area (Å²) in [6.07, 6.45) is 0. The van der Waals surface area contributed by atoms with Crippen LogP contribution >= 0.6 is 33.9 Å². The molecule has 2 rings (SSSR count). The van der Waals surface area contributed by atoms with Crippen LogP contribution in [0.3, 0.4) is 0 Å². The van der Waals surface area contributed by atoms with E-state index in [1.165, 1.54) is 10.1 Å². The molecule has 0 radical (unpaired) electrons. The second-order valence-electron chi connectivity index (χ2n) is 2.65. The molecule has 1 aromatic heterocycles. The molecule has 1 heterocycles. The van der Waals surface area contributed by atoms with Gasteiger partial charge in [-0.15, -0.1) is 11.3 Å². The zero-order valence-corrected chi connectivity index (χ0v) is 9.98. The lowest BCUT2D eigenvalue weighted by atomic mass is 10.2. The van der Waals surface area contributed by atoms with Gasteiger partial charge < -0.3 is 10.5 Å². The molecule has 0 atom stereocenters. The molecule has 2 aromatic rings. The molecular weight excluding hydrogens is 297 g/mol. The van der Waals surface area contributed by atoms with Crippen LogP contribution in [0, 0.1) is 3.57 Å². The van der Waals surface area contributed by atoms with Crippen LogP contribution in [0.1, 0.15) is 0 Å². The highest BCUT2D eigenvalue weighted by atomic mass is 127. The third-order valence-electron chi connectivity index (χ3n) is 1.90. The fourth-order valence-electron chi connectivity index (χ4n) is 1.23. The van der Waals surface area contributed by atoms with Gasteiger partial charge in [0.2, 0.25) is 0 Å². The number of ether oxygens (including phenoxy) is 1. The third-order valence-corrected chi connectivity index (χ3v) is 4.34. The first-order valence-corrected chi connectivity index (χ1v) is 5.69. The van der Waals surface area contributed by atoms with Gasteiger partial charge in [0.15, 0.2) is 0 Å². The molecular formula is C9H8INOS. The molecule has 0 amide bonds. The minimum atomic E-state index is 0.734. The number of fused-ring (bicyclic) bond motifs is 1. The minimum absolute atomic E-state index is 0.734. The summed E-state index contributed by atoms with van der Waals surface area (Å²) in [5, 5.41) is 3.26. The van der Waals surface area contributed by atoms with Crippen LogP contribution in [0.4, 0.5) is 5.69 Å². The number of benzene rings is 1. The smallest absolute Gasteiger partial charge is 0.143 e. The zero-order valence-electron chi connectivity index (χ0n) is 7.00. The van der Waals surface area contributed by atoms with Crippen molar-refractivity contribution in [3.8, 4) is 5.75 Å². The van der Waals surface area contributed by atoms with Gasteiger partial charge in [0.1, 0.15) is 5.75 Å². The number of thiophene rings is 1. The van der Waals surface area contributed by atoms with Crippen LogP contribution in [0.2, 0.25) is 0 Å². The van der Waals surface area contributed by atoms with E-state index in [0.29, 0.717) is 0 Å². The molecule has 2 N–H and O–H groups in total. The maximum absolute atomic E-state index is 5.89. The van der Waals surface area contributed by atoms with Crippen molar-refractivity contribution in [2.24, 2.45) is 0 Å². The largest absolute Gasteiger partial charge is 0.495 e. The molecule has 2 nitrogen and oxygen atoms in total. The predicted molar refractivity (Wildman–Crippen MR) is 65.5 cm³/mol. The number of anilines is 1. The normalized spacial score (nSPS) is 10.6. The average molecular weight is 305 g/mol. The van der Waals surface area contributed by atoms with Crippen molar-refractivity contribution in [1.82, 2.24) is 0 Å². The SMILES string of the molecule is COc1cc2ccsc2c(I)c1N. The van der Waals surface area contributed by atoms with Crippen molar-refractivity contribution >= 4 is 49.7 Å². The van der Waals surface area contributed by atoms with Gasteiger partial charge in [-0.05, 0) is 45.5 Å². The molecule has 0 saturated heterocycles. The quantitative estimate of drug-likeness (QED) is 0.649. The second kappa shape index (κ2) is 3.34. The molecule has 68 valence electrons. The first kappa shape index (κ1) is 9.08. The Hall–Kier alpha value is -0.490. The third kappa shape index (κ3) is 1.38. The van der Waals surface area contributed by atoms with Gasteiger partial charge in [0.05, 0.1) is 16.4 Å². The molecule has 0 bridgehead atoms. The summed E-state index contributed by atoms with van der Waals surface area (Å²) in [5.74, 6) is 0.760. The van der Waals surface area contributed by atoms with Crippen molar-refractivity contribution in [3.63, 3.8) is 0 Å². The summed E-state index contributed by atoms with van der Waals surface area (Å²) in [6.45, 7) is 0. The Morgan fingerprint density at radius 3 is 3.00 bits per heavy atom. The van der Waals surface area contributed by atoms with Crippen molar-refractivity contribution < 1.29 is 4.74 Å². The highest BCUT2D eigenvalue weighted by molar-refractivity contribution is 14.1. The summed E-state index contributed by atoms with van der Waals surface area (Å²) in [7, 11) is 1.64. The number of hydrogen-bond donors (Lipinski definition) is 1. The lowest BCUT2D eigenvalue weighted by Crippen LogP contribution is -1.94. The molecule has 0 spiro atoms. The van der Waals surface area contributed by atoms with Crippen molar-refractivity contribution in [2.45, 2.75) is 0 Å². The predicted octanol–water partition coefficient (Wildman–Crippen LogP) is 3.10. The number of methoxy groups -OCH3 is 1. The summed E-state index contributed by atoms with van der Waals surface area (Å²) in [4.78, 5) is 0. The summed E-state index contributed by atoms with van der Waals surface area (Å²) >= 11 is 3.96. The van der Waals surface area contributed by atoms with Crippen molar-refractivity contribution in [1.29, 1.82) is 0 Å². The lowest BCUT2D eigenvalue weighted by Gasteiger charge is -2.06. The van der Waals surface area contributed by atoms with E-state index in [1.54, 1.807) is 18.4 Å². The van der Waals surface area contributed by atoms with Crippen LogP contribution in [0.5, 0.6) is 5.75 Å². The molecule has 0 fully saturated rings. The van der Waals surface area contributed by atoms with E-state index < -0.39 is 0 Å². The maximum Gasteiger partial charge on any atom is 0.143 e. The van der Waals surface area contributed by atoms with Crippen LogP contribution in [-0.2, 0) is 0 Å². The van der Waals surface area contributed by atoms with Crippen molar-refractivity contribution in [2.75, 3.05) is 12.8 Å². The van der Waals surface area contributed by atoms with Crippen LogP contribution < -0.4 is 10.5 Å². The Labute approximate surface area is 93.8 Å². The van der Waals surface area contributed by atoms with Crippen molar-refractivity contribution in [3.05, 3.63) is 21.1 Å². The van der Waals surface area contributed by atoms with Gasteiger partial charge in [-0.1, -0.05) is 0 Å². The Balaban J connectivity index is 2.83. The fourth-order valence-corrected chi connectivity index (χ4v) is 3.02. The standard InChI is InChI=1S/C9H8INOS/c1-12-6-4-5-2-3-13-9(5)7(10)8(6)11/h2-4H,11H2,1H3. The number of hydrogen-bond acceptors (Lipinski definition) is 3. The van der Waals surface area contributed by atoms with Gasteiger partial charge in [-0.3, -0.25) is 0 Å². The Kier molecular flexibility index (Phi) is 2.33. The van der Waals surface area contributed by atoms with E-state index in [1.807, 2.05) is 6.07 Å². The van der Waals surface area contributed by atoms with E-state index in [2.05, 4.69) is 34.0 Å². The maximum atomic E-state index is 5.89. The molecule has 1 aromatic carbocycles. The zero-order chi connectivity index (χ0) is 9.42. The van der Waals surface area contributed by atoms with E-state index in [9.17, 15) is 0 Å². The minimum Gasteiger partial charge on any atom is -0.495 e. The highest BCUT2D eigenvalue weighted by Crippen LogP contribution is 2.36. The lowest BCUT2D eigenvalue weighted by molar-refractivity contribution is 0.417. The van der Waals surface area contributed by atoms with Gasteiger partial charge >= 0.3 is 0 Å². The molecule has 0 aliphatic carbocycles. The Morgan fingerprint density at radius 2 is 2.31 bits per heavy atom. The molecule has 0 saturated carbocycles. The molecule has 0 unspecified atom stereocenters. The van der Waals surface area contributed by atoms with E-state index in [-0.39, 0.29) is 0 Å². The first-order valence-electron chi connectivity index (χ1n) is 3.73. The number of nitrogen functional groups attached to an aromatic ring is 1. The van der Waals surface area contributed by atoms with Gasteiger partial charge in [-0.25, -0.2) is 0 Å². The average Bonchev–Trinajstić information content (AvgIpc) is 2.59. The summed E-state index contributed by atoms with van der Waals surface area (Å²) < 4.78 is 7.50. The molecule has 0 aliphatic heterocycles. The molecule has 13 heavy (non-hydrogen) atoms. The Morgan fingerprint density at radius 1 is 1.54 bits per heavy atom. The number of halogens is 1. The summed E-state index contributed by atoms with van der Waals surface area (Å²) in [5.41, 5.74) is 6.63. The van der Waals surface area contributed by atoms with E-state index in [0.717, 1.165) is 15.0 Å². The van der Waals surface area contributed by atoms with Crippen LogP contribution in [-0.4, -0.2) is 7.11 Å². The van der Waals surface area contributed by atoms with Gasteiger partial charge in [-0.2, -0.15) is 0 Å². The topological polar surface area (TPSA) is 35.2 Å². The first-order chi connectivity index (χ1) is 6.24. The molecule has 4 heteroatoms. The monoisotopic (exact) mass is 305 g/mol. The number of rotatable bonds is 1. The summed E-state index contributed by atoms with van der Waals surface area (Å²) in [6, 6.07) is 4.05. The highest BCUT2D eigenvalue weighted by Gasteiger charge is 2.09. The Bertz CT molecular complexity index is 452. The van der Waals surface area contributed by atoms with E-state index in [4.69, 9.17) is 10.5 Å². The van der Waals surface area contributed by atoms with Gasteiger partial charge in [0.25, 0.3) is 0 Å². The number of nitrogens with two attached hydrogens (primary N) is 1.